The summed E-state index contributed by atoms with van der Waals surface area (Å²) >= 11 is 0. The van der Waals surface area contributed by atoms with E-state index in [9.17, 15) is 8.42 Å². The van der Waals surface area contributed by atoms with Gasteiger partial charge in [-0.25, -0.2) is 4.72 Å². The minimum Gasteiger partial charge on any atom is -0.493 e. The summed E-state index contributed by atoms with van der Waals surface area (Å²) in [4.78, 5) is 0. The normalized spacial score (nSPS) is 26.5. The van der Waals surface area contributed by atoms with Crippen molar-refractivity contribution in [1.82, 2.24) is 18.9 Å². The first-order valence-electron chi connectivity index (χ1n) is 11.5. The molecule has 1 saturated heterocycles. The molecule has 2 aliphatic carbocycles. The van der Waals surface area contributed by atoms with Crippen molar-refractivity contribution < 1.29 is 13.2 Å². The standard InChI is InChI=1S/C22H33N5O3S/c1-15-17(6-4-9-22(15,2)3)14-30-19-12-20-23-24-21(25-31(28,29)26-10-5-11-26)27(20)13-18(19)16-7-8-16/h12-13,15-17H,4-11,14H2,1-3H3,(H,24,25). The molecular weight excluding hydrogens is 414 g/mol. The van der Waals surface area contributed by atoms with Gasteiger partial charge >= 0.3 is 10.2 Å². The van der Waals surface area contributed by atoms with E-state index in [0.717, 1.165) is 30.6 Å². The third kappa shape index (κ3) is 4.02. The molecule has 0 spiro atoms. The van der Waals surface area contributed by atoms with Gasteiger partial charge in [0.25, 0.3) is 0 Å². The fourth-order valence-corrected chi connectivity index (χ4v) is 6.13. The molecule has 0 radical (unpaired) electrons. The van der Waals surface area contributed by atoms with Crippen molar-refractivity contribution in [2.75, 3.05) is 24.4 Å². The maximum Gasteiger partial charge on any atom is 0.303 e. The van der Waals surface area contributed by atoms with Crippen molar-refractivity contribution in [3.63, 3.8) is 0 Å². The minimum absolute atomic E-state index is 0.234. The lowest BCUT2D eigenvalue weighted by molar-refractivity contribution is 0.0566. The molecule has 2 aromatic rings. The number of rotatable bonds is 7. The predicted octanol–water partition coefficient (Wildman–Crippen LogP) is 3.81. The zero-order valence-electron chi connectivity index (χ0n) is 18.7. The van der Waals surface area contributed by atoms with Crippen molar-refractivity contribution in [1.29, 1.82) is 0 Å². The van der Waals surface area contributed by atoms with Gasteiger partial charge in [0, 0.05) is 30.9 Å². The molecule has 0 aromatic carbocycles. The average Bonchev–Trinajstić information content (AvgIpc) is 3.43. The summed E-state index contributed by atoms with van der Waals surface area (Å²) < 4.78 is 37.1. The molecule has 3 fully saturated rings. The van der Waals surface area contributed by atoms with Crippen LogP contribution in [0.4, 0.5) is 5.95 Å². The fourth-order valence-electron chi connectivity index (χ4n) is 4.90. The minimum atomic E-state index is -3.58. The van der Waals surface area contributed by atoms with Gasteiger partial charge in [0.2, 0.25) is 5.95 Å². The zero-order chi connectivity index (χ0) is 21.8. The summed E-state index contributed by atoms with van der Waals surface area (Å²) in [6.45, 7) is 8.90. The van der Waals surface area contributed by atoms with E-state index >= 15 is 0 Å². The molecular formula is C22H33N5O3S. The van der Waals surface area contributed by atoms with Gasteiger partial charge in [0.15, 0.2) is 5.65 Å². The first-order valence-corrected chi connectivity index (χ1v) is 13.0. The van der Waals surface area contributed by atoms with Crippen LogP contribution in [0, 0.1) is 17.3 Å². The third-order valence-electron chi connectivity index (χ3n) is 7.72. The molecule has 0 bridgehead atoms. The van der Waals surface area contributed by atoms with Crippen LogP contribution < -0.4 is 9.46 Å². The number of hydrogen-bond acceptors (Lipinski definition) is 5. The Morgan fingerprint density at radius 1 is 1.19 bits per heavy atom. The van der Waals surface area contributed by atoms with Crippen molar-refractivity contribution in [3.05, 3.63) is 17.8 Å². The summed E-state index contributed by atoms with van der Waals surface area (Å²) in [6, 6.07) is 1.92. The van der Waals surface area contributed by atoms with Gasteiger partial charge < -0.3 is 4.74 Å². The quantitative estimate of drug-likeness (QED) is 0.697. The van der Waals surface area contributed by atoms with Crippen molar-refractivity contribution >= 4 is 21.8 Å². The first-order chi connectivity index (χ1) is 14.7. The second-order valence-electron chi connectivity index (χ2n) is 10.2. The SMILES string of the molecule is CC1C(COc2cc3nnc(NS(=O)(=O)N4CCC4)n3cc2C2CC2)CCCC1(C)C. The van der Waals surface area contributed by atoms with Gasteiger partial charge in [-0.05, 0) is 55.3 Å². The highest BCUT2D eigenvalue weighted by atomic mass is 32.2. The van der Waals surface area contributed by atoms with Crippen molar-refractivity contribution in [2.24, 2.45) is 17.3 Å². The van der Waals surface area contributed by atoms with Crippen LogP contribution in [0.3, 0.4) is 0 Å². The number of nitrogens with zero attached hydrogens (tertiary/aromatic N) is 4. The van der Waals surface area contributed by atoms with Crippen LogP contribution in [0.2, 0.25) is 0 Å². The molecule has 1 N–H and O–H groups in total. The number of nitrogens with one attached hydrogen (secondary N) is 1. The second kappa shape index (κ2) is 7.62. The Labute approximate surface area is 184 Å². The van der Waals surface area contributed by atoms with E-state index in [2.05, 4.69) is 35.7 Å². The molecule has 170 valence electrons. The van der Waals surface area contributed by atoms with Crippen molar-refractivity contribution in [2.45, 2.75) is 65.2 Å². The topological polar surface area (TPSA) is 88.8 Å². The van der Waals surface area contributed by atoms with E-state index in [1.54, 1.807) is 4.40 Å². The summed E-state index contributed by atoms with van der Waals surface area (Å²) in [5, 5.41) is 8.31. The predicted molar refractivity (Wildman–Crippen MR) is 119 cm³/mol. The highest BCUT2D eigenvalue weighted by molar-refractivity contribution is 7.90. The molecule has 2 saturated carbocycles. The van der Waals surface area contributed by atoms with E-state index in [1.807, 2.05) is 12.3 Å². The number of aromatic nitrogens is 3. The van der Waals surface area contributed by atoms with Gasteiger partial charge in [0.05, 0.1) is 6.61 Å². The highest BCUT2D eigenvalue weighted by Crippen LogP contribution is 2.46. The van der Waals surface area contributed by atoms with Crippen LogP contribution in [0.5, 0.6) is 5.75 Å². The van der Waals surface area contributed by atoms with Gasteiger partial charge in [-0.15, -0.1) is 10.2 Å². The lowest BCUT2D eigenvalue weighted by atomic mass is 9.65. The molecule has 0 amide bonds. The molecule has 2 aromatic heterocycles. The van der Waals surface area contributed by atoms with Crippen molar-refractivity contribution in [3.8, 4) is 5.75 Å². The maximum absolute atomic E-state index is 12.5. The van der Waals surface area contributed by atoms with E-state index in [-0.39, 0.29) is 5.95 Å². The summed E-state index contributed by atoms with van der Waals surface area (Å²) in [5.74, 6) is 2.73. The van der Waals surface area contributed by atoms with E-state index in [1.165, 1.54) is 23.6 Å². The smallest absolute Gasteiger partial charge is 0.303 e. The number of anilines is 1. The van der Waals surface area contributed by atoms with Gasteiger partial charge in [0.1, 0.15) is 5.75 Å². The monoisotopic (exact) mass is 447 g/mol. The lowest BCUT2D eigenvalue weighted by Gasteiger charge is -2.42. The Bertz CT molecular complexity index is 1070. The molecule has 2 unspecified atom stereocenters. The molecule has 31 heavy (non-hydrogen) atoms. The lowest BCUT2D eigenvalue weighted by Crippen LogP contribution is -2.45. The Balaban J connectivity index is 1.38. The molecule has 3 heterocycles. The zero-order valence-corrected chi connectivity index (χ0v) is 19.5. The van der Waals surface area contributed by atoms with Crippen LogP contribution in [-0.4, -0.2) is 47.0 Å². The Morgan fingerprint density at radius 3 is 2.65 bits per heavy atom. The van der Waals surface area contributed by atoms with E-state index < -0.39 is 10.2 Å². The van der Waals surface area contributed by atoms with Gasteiger partial charge in [-0.1, -0.05) is 27.2 Å². The first kappa shape index (κ1) is 21.0. The third-order valence-corrected chi connectivity index (χ3v) is 9.20. The Morgan fingerprint density at radius 2 is 1.97 bits per heavy atom. The highest BCUT2D eigenvalue weighted by Gasteiger charge is 2.36. The van der Waals surface area contributed by atoms with Crippen LogP contribution in [0.1, 0.15) is 70.8 Å². The summed E-state index contributed by atoms with van der Waals surface area (Å²) in [5.41, 5.74) is 2.07. The van der Waals surface area contributed by atoms with Gasteiger partial charge in [-0.3, -0.25) is 4.40 Å². The maximum atomic E-state index is 12.5. The molecule has 9 heteroatoms. The van der Waals surface area contributed by atoms with Crippen LogP contribution in [0.15, 0.2) is 12.3 Å². The number of ether oxygens (including phenoxy) is 1. The average molecular weight is 448 g/mol. The Kier molecular flexibility index (Phi) is 5.16. The van der Waals surface area contributed by atoms with Crippen LogP contribution >= 0.6 is 0 Å². The van der Waals surface area contributed by atoms with Crippen LogP contribution in [-0.2, 0) is 10.2 Å². The number of hydrogen-bond donors (Lipinski definition) is 1. The molecule has 5 rings (SSSR count). The van der Waals surface area contributed by atoms with Gasteiger partial charge in [-0.2, -0.15) is 12.7 Å². The molecule has 8 nitrogen and oxygen atoms in total. The summed E-state index contributed by atoms with van der Waals surface area (Å²) in [7, 11) is -3.58. The molecule has 3 aliphatic rings. The number of fused-ring (bicyclic) bond motifs is 1. The largest absolute Gasteiger partial charge is 0.493 e. The number of pyridine rings is 1. The fraction of sp³-hybridized carbons (Fsp3) is 0.727. The molecule has 1 aliphatic heterocycles. The molecule has 2 atom stereocenters. The van der Waals surface area contributed by atoms with E-state index in [4.69, 9.17) is 4.74 Å². The van der Waals surface area contributed by atoms with E-state index in [0.29, 0.717) is 48.5 Å². The second-order valence-corrected chi connectivity index (χ2v) is 11.9. The Hall–Kier alpha value is -1.87. The van der Waals surface area contributed by atoms with Crippen LogP contribution in [0.25, 0.3) is 5.65 Å². The summed E-state index contributed by atoms with van der Waals surface area (Å²) in [6.07, 6.45) is 8.86.